The van der Waals surface area contributed by atoms with Crippen molar-refractivity contribution in [2.45, 2.75) is 13.5 Å². The number of esters is 1. The number of furan rings is 1. The largest absolute Gasteiger partial charge is 0.493 e. The van der Waals surface area contributed by atoms with Crippen molar-refractivity contribution in [1.82, 2.24) is 4.68 Å². The average Bonchev–Trinajstić information content (AvgIpc) is 3.20. The molecular formula is C21H21N3O6. The van der Waals surface area contributed by atoms with Crippen LogP contribution in [-0.4, -0.2) is 31.1 Å². The van der Waals surface area contributed by atoms with Gasteiger partial charge in [-0.2, -0.15) is 9.78 Å². The van der Waals surface area contributed by atoms with Crippen LogP contribution in [0.3, 0.4) is 0 Å². The second-order valence-electron chi connectivity index (χ2n) is 6.31. The number of carbonyl (C=O) groups is 1. The Hall–Kier alpha value is -4.01. The number of anilines is 1. The van der Waals surface area contributed by atoms with Gasteiger partial charge in [-0.1, -0.05) is 0 Å². The van der Waals surface area contributed by atoms with E-state index in [0.29, 0.717) is 22.8 Å². The lowest BCUT2D eigenvalue weighted by Crippen LogP contribution is -2.19. The van der Waals surface area contributed by atoms with Gasteiger partial charge in [-0.05, 0) is 54.4 Å². The number of methoxy groups -OCH3 is 2. The van der Waals surface area contributed by atoms with E-state index in [2.05, 4.69) is 9.84 Å². The molecule has 156 valence electrons. The topological polar surface area (TPSA) is 118 Å². The lowest BCUT2D eigenvalue weighted by molar-refractivity contribution is 0.0561. The molecule has 30 heavy (non-hydrogen) atoms. The second kappa shape index (κ2) is 8.99. The predicted molar refractivity (Wildman–Crippen MR) is 110 cm³/mol. The summed E-state index contributed by atoms with van der Waals surface area (Å²) in [6.07, 6.45) is 1.49. The van der Waals surface area contributed by atoms with E-state index in [9.17, 15) is 9.59 Å². The summed E-state index contributed by atoms with van der Waals surface area (Å²) in [5, 5.41) is 4.14. The van der Waals surface area contributed by atoms with Crippen molar-refractivity contribution >= 4 is 18.0 Å². The Morgan fingerprint density at radius 3 is 2.67 bits per heavy atom. The van der Waals surface area contributed by atoms with Crippen LogP contribution in [-0.2, 0) is 11.3 Å². The lowest BCUT2D eigenvalue weighted by Gasteiger charge is -2.10. The molecule has 9 nitrogen and oxygen atoms in total. The van der Waals surface area contributed by atoms with Crippen molar-refractivity contribution in [2.75, 3.05) is 20.0 Å². The first-order valence-electron chi connectivity index (χ1n) is 8.92. The van der Waals surface area contributed by atoms with Crippen LogP contribution in [0.4, 0.5) is 5.82 Å². The first-order chi connectivity index (χ1) is 14.4. The average molecular weight is 411 g/mol. The van der Waals surface area contributed by atoms with Gasteiger partial charge in [0, 0.05) is 6.07 Å². The van der Waals surface area contributed by atoms with E-state index >= 15 is 0 Å². The number of nitrogens with two attached hydrogens (primary N) is 1. The van der Waals surface area contributed by atoms with Gasteiger partial charge in [-0.25, -0.2) is 4.79 Å². The zero-order valence-corrected chi connectivity index (χ0v) is 16.7. The maximum Gasteiger partial charge on any atom is 0.373 e. The van der Waals surface area contributed by atoms with Gasteiger partial charge in [-0.3, -0.25) is 4.79 Å². The summed E-state index contributed by atoms with van der Waals surface area (Å²) >= 11 is 0. The number of nitrogens with zero attached hydrogens (tertiary/aromatic N) is 2. The first kappa shape index (κ1) is 20.7. The van der Waals surface area contributed by atoms with Crippen molar-refractivity contribution in [3.8, 4) is 11.5 Å². The quantitative estimate of drug-likeness (QED) is 0.469. The van der Waals surface area contributed by atoms with Gasteiger partial charge in [0.05, 0.1) is 20.4 Å². The number of hydrogen-bond donors (Lipinski definition) is 1. The van der Waals surface area contributed by atoms with Crippen molar-refractivity contribution in [2.24, 2.45) is 5.10 Å². The maximum absolute atomic E-state index is 12.0. The number of hydrogen-bond acceptors (Lipinski definition) is 8. The van der Waals surface area contributed by atoms with E-state index in [1.54, 1.807) is 37.3 Å². The Morgan fingerprint density at radius 1 is 1.17 bits per heavy atom. The van der Waals surface area contributed by atoms with Crippen LogP contribution in [0.25, 0.3) is 0 Å². The maximum atomic E-state index is 12.0. The van der Waals surface area contributed by atoms with Crippen molar-refractivity contribution in [1.29, 1.82) is 0 Å². The SMILES string of the molecule is COC(=O)c1ccc(COc2ccc(/C=N\n3c(N)cc(C)cc3=O)cc2OC)o1. The highest BCUT2D eigenvalue weighted by molar-refractivity contribution is 5.86. The molecular weight excluding hydrogens is 390 g/mol. The summed E-state index contributed by atoms with van der Waals surface area (Å²) in [7, 11) is 2.79. The Morgan fingerprint density at radius 2 is 1.97 bits per heavy atom. The van der Waals surface area contributed by atoms with E-state index in [0.717, 1.165) is 10.2 Å². The third-order valence-corrected chi connectivity index (χ3v) is 4.11. The second-order valence-corrected chi connectivity index (χ2v) is 6.31. The van der Waals surface area contributed by atoms with E-state index < -0.39 is 5.97 Å². The number of ether oxygens (including phenoxy) is 3. The van der Waals surface area contributed by atoms with E-state index in [4.69, 9.17) is 19.6 Å². The molecule has 0 radical (unpaired) electrons. The third-order valence-electron chi connectivity index (χ3n) is 4.11. The fourth-order valence-corrected chi connectivity index (χ4v) is 2.67. The lowest BCUT2D eigenvalue weighted by atomic mass is 10.2. The first-order valence-corrected chi connectivity index (χ1v) is 8.92. The van der Waals surface area contributed by atoms with Crippen LogP contribution in [0.2, 0.25) is 0 Å². The number of nitrogen functional groups attached to an aromatic ring is 1. The summed E-state index contributed by atoms with van der Waals surface area (Å²) in [4.78, 5) is 23.5. The smallest absolute Gasteiger partial charge is 0.373 e. The van der Waals surface area contributed by atoms with Crippen LogP contribution in [0.5, 0.6) is 11.5 Å². The van der Waals surface area contributed by atoms with Gasteiger partial charge in [-0.15, -0.1) is 0 Å². The summed E-state index contributed by atoms with van der Waals surface area (Å²) in [6.45, 7) is 1.88. The van der Waals surface area contributed by atoms with E-state index in [-0.39, 0.29) is 23.7 Å². The van der Waals surface area contributed by atoms with Gasteiger partial charge in [0.15, 0.2) is 11.5 Å². The minimum atomic E-state index is -0.559. The molecule has 0 bridgehead atoms. The Bertz CT molecular complexity index is 1150. The number of rotatable bonds is 7. The monoisotopic (exact) mass is 411 g/mol. The fraction of sp³-hybridized carbons (Fsp3) is 0.190. The zero-order valence-electron chi connectivity index (χ0n) is 16.7. The molecule has 0 fully saturated rings. The molecule has 0 spiro atoms. The minimum Gasteiger partial charge on any atom is -0.493 e. The standard InChI is InChI=1S/C21H21N3O6/c1-13-8-19(22)24(20(25)9-13)23-11-14-4-6-16(18(10-14)27-2)29-12-15-5-7-17(30-15)21(26)28-3/h4-11H,12,22H2,1-3H3/b23-11-. The molecule has 1 aromatic carbocycles. The summed E-state index contributed by atoms with van der Waals surface area (Å²) in [6, 6.07) is 11.4. The molecule has 0 saturated carbocycles. The molecule has 0 saturated heterocycles. The number of pyridine rings is 1. The highest BCUT2D eigenvalue weighted by Gasteiger charge is 2.12. The van der Waals surface area contributed by atoms with Crippen LogP contribution in [0.1, 0.15) is 27.4 Å². The number of carbonyl (C=O) groups excluding carboxylic acids is 1. The molecule has 3 rings (SSSR count). The molecule has 9 heteroatoms. The molecule has 2 aromatic heterocycles. The van der Waals surface area contributed by atoms with Crippen LogP contribution >= 0.6 is 0 Å². The minimum absolute atomic E-state index is 0.0933. The van der Waals surface area contributed by atoms with Gasteiger partial charge in [0.1, 0.15) is 18.2 Å². The van der Waals surface area contributed by atoms with Crippen molar-refractivity contribution in [3.63, 3.8) is 0 Å². The normalized spacial score (nSPS) is 10.9. The summed E-state index contributed by atoms with van der Waals surface area (Å²) in [5.41, 5.74) is 6.98. The van der Waals surface area contributed by atoms with Crippen LogP contribution in [0, 0.1) is 6.92 Å². The molecule has 0 aliphatic heterocycles. The molecule has 0 atom stereocenters. The number of aromatic nitrogens is 1. The Labute approximate surface area is 172 Å². The number of aryl methyl sites for hydroxylation is 1. The summed E-state index contributed by atoms with van der Waals surface area (Å²) in [5.74, 6) is 1.17. The number of benzene rings is 1. The predicted octanol–water partition coefficient (Wildman–Crippen LogP) is 2.59. The molecule has 2 N–H and O–H groups in total. The zero-order chi connectivity index (χ0) is 21.7. The van der Waals surface area contributed by atoms with Gasteiger partial charge < -0.3 is 24.4 Å². The molecule has 0 unspecified atom stereocenters. The van der Waals surface area contributed by atoms with E-state index in [1.165, 1.54) is 32.6 Å². The Balaban J connectivity index is 1.74. The molecule has 0 aliphatic carbocycles. The van der Waals surface area contributed by atoms with Gasteiger partial charge in [0.2, 0.25) is 5.76 Å². The molecule has 2 heterocycles. The Kier molecular flexibility index (Phi) is 6.21. The molecule has 0 amide bonds. The van der Waals surface area contributed by atoms with Crippen molar-refractivity contribution in [3.05, 3.63) is 75.5 Å². The highest BCUT2D eigenvalue weighted by Crippen LogP contribution is 2.28. The summed E-state index contributed by atoms with van der Waals surface area (Å²) < 4.78 is 22.2. The van der Waals surface area contributed by atoms with Crippen molar-refractivity contribution < 1.29 is 23.4 Å². The van der Waals surface area contributed by atoms with E-state index in [1.807, 2.05) is 0 Å². The van der Waals surface area contributed by atoms with Gasteiger partial charge >= 0.3 is 5.97 Å². The van der Waals surface area contributed by atoms with Crippen LogP contribution in [0.15, 0.2) is 56.8 Å². The van der Waals surface area contributed by atoms with Crippen LogP contribution < -0.4 is 20.8 Å². The molecule has 3 aromatic rings. The third kappa shape index (κ3) is 4.69. The fourth-order valence-electron chi connectivity index (χ4n) is 2.67. The molecule has 0 aliphatic rings. The highest BCUT2D eigenvalue weighted by atomic mass is 16.5. The van der Waals surface area contributed by atoms with Gasteiger partial charge in [0.25, 0.3) is 5.56 Å².